The number of carbonyl (C=O) groups is 1. The summed E-state index contributed by atoms with van der Waals surface area (Å²) < 4.78 is 41.8. The highest BCUT2D eigenvalue weighted by atomic mass is 35.5. The molecule has 1 heterocycles. The molecule has 3 aromatic rings. The van der Waals surface area contributed by atoms with Gasteiger partial charge in [-0.2, -0.15) is 18.3 Å². The first-order valence-electron chi connectivity index (χ1n) is 9.73. The molecule has 0 bridgehead atoms. The molecule has 0 saturated heterocycles. The van der Waals surface area contributed by atoms with Gasteiger partial charge in [0.15, 0.2) is 5.69 Å². The fourth-order valence-electron chi connectivity index (χ4n) is 3.15. The van der Waals surface area contributed by atoms with Crippen molar-refractivity contribution in [3.63, 3.8) is 0 Å². The van der Waals surface area contributed by atoms with Crippen LogP contribution in [0, 0.1) is 0 Å². The lowest BCUT2D eigenvalue weighted by Gasteiger charge is -2.19. The minimum Gasteiger partial charge on any atom is -0.375 e. The van der Waals surface area contributed by atoms with E-state index in [9.17, 15) is 18.0 Å². The molecular formula is C22H22ClF3N4O. The third kappa shape index (κ3) is 5.79. The summed E-state index contributed by atoms with van der Waals surface area (Å²) in [6.45, 7) is 1.03. The summed E-state index contributed by atoms with van der Waals surface area (Å²) in [6, 6.07) is 15.6. The Morgan fingerprint density at radius 1 is 1.10 bits per heavy atom. The molecule has 2 aromatic carbocycles. The predicted octanol–water partition coefficient (Wildman–Crippen LogP) is 5.19. The van der Waals surface area contributed by atoms with Crippen molar-refractivity contribution in [2.75, 3.05) is 25.0 Å². The summed E-state index contributed by atoms with van der Waals surface area (Å²) in [5.41, 5.74) is -0.379. The van der Waals surface area contributed by atoms with Crippen LogP contribution in [-0.4, -0.2) is 35.8 Å². The van der Waals surface area contributed by atoms with Crippen molar-refractivity contribution in [3.05, 3.63) is 77.1 Å². The predicted molar refractivity (Wildman–Crippen MR) is 115 cm³/mol. The van der Waals surface area contributed by atoms with Gasteiger partial charge in [0.25, 0.3) is 5.91 Å². The monoisotopic (exact) mass is 450 g/mol. The normalized spacial score (nSPS) is 11.4. The first-order chi connectivity index (χ1) is 14.8. The number of nitrogens with one attached hydrogen (secondary N) is 1. The standard InChI is InChI=1S/C22H22ClF3N4O/c1-29(17-7-3-2-4-8-17)14-6-5-13-27-21(31)19-15-28-30(20(19)22(24,25)26)18-11-9-16(23)10-12-18/h2-4,7-12,15H,5-6,13-14H2,1H3,(H,27,31). The zero-order valence-corrected chi connectivity index (χ0v) is 17.6. The summed E-state index contributed by atoms with van der Waals surface area (Å²) in [5.74, 6) is -0.802. The van der Waals surface area contributed by atoms with Crippen LogP contribution in [0.4, 0.5) is 18.9 Å². The molecule has 9 heteroatoms. The summed E-state index contributed by atoms with van der Waals surface area (Å²) in [7, 11) is 1.97. The van der Waals surface area contributed by atoms with E-state index in [0.717, 1.165) is 24.8 Å². The Morgan fingerprint density at radius 2 is 1.77 bits per heavy atom. The number of amides is 1. The van der Waals surface area contributed by atoms with Crippen molar-refractivity contribution in [1.29, 1.82) is 0 Å². The van der Waals surface area contributed by atoms with Crippen LogP contribution in [0.5, 0.6) is 0 Å². The number of para-hydroxylation sites is 1. The van der Waals surface area contributed by atoms with E-state index in [2.05, 4.69) is 15.3 Å². The van der Waals surface area contributed by atoms with Crippen LogP contribution >= 0.6 is 11.6 Å². The Bertz CT molecular complexity index is 1000. The van der Waals surface area contributed by atoms with Crippen molar-refractivity contribution in [1.82, 2.24) is 15.1 Å². The van der Waals surface area contributed by atoms with Crippen molar-refractivity contribution in [3.8, 4) is 5.69 Å². The zero-order chi connectivity index (χ0) is 22.4. The van der Waals surface area contributed by atoms with Gasteiger partial charge in [-0.3, -0.25) is 4.79 Å². The minimum atomic E-state index is -4.75. The highest BCUT2D eigenvalue weighted by Crippen LogP contribution is 2.33. The van der Waals surface area contributed by atoms with E-state index >= 15 is 0 Å². The molecule has 3 rings (SSSR count). The maximum atomic E-state index is 13.7. The molecule has 1 amide bonds. The minimum absolute atomic E-state index is 0.166. The van der Waals surface area contributed by atoms with E-state index in [1.165, 1.54) is 24.3 Å². The first-order valence-corrected chi connectivity index (χ1v) is 10.1. The van der Waals surface area contributed by atoms with Gasteiger partial charge in [-0.15, -0.1) is 0 Å². The lowest BCUT2D eigenvalue weighted by molar-refractivity contribution is -0.143. The number of rotatable bonds is 8. The molecule has 1 N–H and O–H groups in total. The van der Waals surface area contributed by atoms with Crippen LogP contribution in [0.15, 0.2) is 60.8 Å². The quantitative estimate of drug-likeness (QED) is 0.480. The maximum Gasteiger partial charge on any atom is 0.434 e. The molecule has 0 radical (unpaired) electrons. The van der Waals surface area contributed by atoms with Crippen molar-refractivity contribution in [2.45, 2.75) is 19.0 Å². The van der Waals surface area contributed by atoms with E-state index in [-0.39, 0.29) is 12.2 Å². The molecule has 0 aliphatic heterocycles. The second kappa shape index (κ2) is 9.87. The molecule has 5 nitrogen and oxygen atoms in total. The molecule has 0 aliphatic carbocycles. The molecule has 0 atom stereocenters. The second-order valence-electron chi connectivity index (χ2n) is 7.01. The first kappa shape index (κ1) is 22.7. The molecule has 0 saturated carbocycles. The summed E-state index contributed by atoms with van der Waals surface area (Å²) in [6.07, 6.45) is -2.39. The fourth-order valence-corrected chi connectivity index (χ4v) is 3.27. The molecule has 1 aromatic heterocycles. The van der Waals surface area contributed by atoms with Crippen LogP contribution in [-0.2, 0) is 6.18 Å². The fraction of sp³-hybridized carbons (Fsp3) is 0.273. The third-order valence-electron chi connectivity index (χ3n) is 4.76. The lowest BCUT2D eigenvalue weighted by Crippen LogP contribution is -2.28. The van der Waals surface area contributed by atoms with Crippen LogP contribution in [0.25, 0.3) is 5.69 Å². The molecular weight excluding hydrogens is 429 g/mol. The largest absolute Gasteiger partial charge is 0.434 e. The van der Waals surface area contributed by atoms with Gasteiger partial charge in [0, 0.05) is 30.8 Å². The maximum absolute atomic E-state index is 13.7. The number of anilines is 1. The average molecular weight is 451 g/mol. The van der Waals surface area contributed by atoms with Gasteiger partial charge >= 0.3 is 6.18 Å². The number of unbranched alkanes of at least 4 members (excludes halogenated alkanes) is 1. The van der Waals surface area contributed by atoms with Gasteiger partial charge < -0.3 is 10.2 Å². The molecule has 164 valence electrons. The van der Waals surface area contributed by atoms with Gasteiger partial charge in [0.2, 0.25) is 0 Å². The van der Waals surface area contributed by atoms with Crippen molar-refractivity contribution >= 4 is 23.2 Å². The number of alkyl halides is 3. The number of hydrogen-bond acceptors (Lipinski definition) is 3. The van der Waals surface area contributed by atoms with Crippen LogP contribution in [0.3, 0.4) is 0 Å². The summed E-state index contributed by atoms with van der Waals surface area (Å²) >= 11 is 5.80. The molecule has 31 heavy (non-hydrogen) atoms. The van der Waals surface area contributed by atoms with E-state index in [1.807, 2.05) is 37.4 Å². The Kier molecular flexibility index (Phi) is 7.22. The lowest BCUT2D eigenvalue weighted by atomic mass is 10.2. The van der Waals surface area contributed by atoms with Gasteiger partial charge in [0.1, 0.15) is 0 Å². The SMILES string of the molecule is CN(CCCCNC(=O)c1cnn(-c2ccc(Cl)cc2)c1C(F)(F)F)c1ccccc1. The van der Waals surface area contributed by atoms with E-state index in [1.54, 1.807) is 0 Å². The molecule has 0 unspecified atom stereocenters. The smallest absolute Gasteiger partial charge is 0.375 e. The number of nitrogens with zero attached hydrogens (tertiary/aromatic N) is 3. The Balaban J connectivity index is 1.60. The van der Waals surface area contributed by atoms with Crippen molar-refractivity contribution < 1.29 is 18.0 Å². The van der Waals surface area contributed by atoms with Gasteiger partial charge in [0.05, 0.1) is 17.4 Å². The number of aromatic nitrogens is 2. The van der Waals surface area contributed by atoms with Crippen molar-refractivity contribution in [2.24, 2.45) is 0 Å². The Labute approximate surface area is 183 Å². The van der Waals surface area contributed by atoms with Gasteiger partial charge in [-0.25, -0.2) is 4.68 Å². The highest BCUT2D eigenvalue weighted by molar-refractivity contribution is 6.30. The topological polar surface area (TPSA) is 50.2 Å². The molecule has 0 spiro atoms. The van der Waals surface area contributed by atoms with Gasteiger partial charge in [-0.1, -0.05) is 29.8 Å². The number of benzene rings is 2. The second-order valence-corrected chi connectivity index (χ2v) is 7.45. The Morgan fingerprint density at radius 3 is 2.42 bits per heavy atom. The molecule has 0 fully saturated rings. The highest BCUT2D eigenvalue weighted by Gasteiger charge is 2.40. The molecule has 0 aliphatic rings. The average Bonchev–Trinajstić information content (AvgIpc) is 3.20. The van der Waals surface area contributed by atoms with Crippen LogP contribution < -0.4 is 10.2 Å². The van der Waals surface area contributed by atoms with Crippen LogP contribution in [0.1, 0.15) is 28.9 Å². The van der Waals surface area contributed by atoms with Gasteiger partial charge in [-0.05, 0) is 49.2 Å². The Hall–Kier alpha value is -3.00. The number of halogens is 4. The van der Waals surface area contributed by atoms with Crippen LogP contribution in [0.2, 0.25) is 5.02 Å². The summed E-state index contributed by atoms with van der Waals surface area (Å²) in [4.78, 5) is 14.5. The summed E-state index contributed by atoms with van der Waals surface area (Å²) in [5, 5.41) is 6.75. The van der Waals surface area contributed by atoms with E-state index in [0.29, 0.717) is 16.1 Å². The zero-order valence-electron chi connectivity index (χ0n) is 16.9. The number of carbonyl (C=O) groups excluding carboxylic acids is 1. The number of hydrogen-bond donors (Lipinski definition) is 1. The third-order valence-corrected chi connectivity index (χ3v) is 5.01. The van der Waals surface area contributed by atoms with E-state index in [4.69, 9.17) is 11.6 Å². The van der Waals surface area contributed by atoms with E-state index < -0.39 is 23.3 Å².